The van der Waals surface area contributed by atoms with Gasteiger partial charge < -0.3 is 0 Å². The third kappa shape index (κ3) is 3.11. The predicted molar refractivity (Wildman–Crippen MR) is 49.0 cm³/mol. The van der Waals surface area contributed by atoms with Gasteiger partial charge in [0.25, 0.3) is 0 Å². The topological polar surface area (TPSA) is 0 Å². The monoisotopic (exact) mass is 388 g/mol. The van der Waals surface area contributed by atoms with Crippen LogP contribution in [-0.4, -0.2) is 28.4 Å². The van der Waals surface area contributed by atoms with Crippen LogP contribution in [0.2, 0.25) is 0 Å². The Morgan fingerprint density at radius 2 is 1.12 bits per heavy atom. The lowest BCUT2D eigenvalue weighted by Crippen LogP contribution is -2.60. The Morgan fingerprint density at radius 3 is 1.41 bits per heavy atom. The van der Waals surface area contributed by atoms with Crippen molar-refractivity contribution in [3.63, 3.8) is 0 Å². The van der Waals surface area contributed by atoms with Crippen LogP contribution in [0.25, 0.3) is 0 Å². The summed E-state index contributed by atoms with van der Waals surface area (Å²) in [7, 11) is 0. The van der Waals surface area contributed by atoms with Crippen molar-refractivity contribution < 1.29 is 39.5 Å². The molecule has 17 heavy (non-hydrogen) atoms. The second-order valence-corrected chi connectivity index (χ2v) is 4.22. The molecule has 0 aliphatic rings. The standard InChI is InChI=1S/C7H6F9I/c8-4(9,2-1-3-17)5(10,11)6(12,13)7(14,15)16/h1-3H2. The molecule has 0 aliphatic heterocycles. The molecule has 0 bridgehead atoms. The molecule has 0 fully saturated rings. The molecule has 10 heteroatoms. The van der Waals surface area contributed by atoms with Gasteiger partial charge >= 0.3 is 23.9 Å². The normalized spacial score (nSPS) is 15.2. The average molecular weight is 388 g/mol. The molecule has 0 amide bonds. The minimum absolute atomic E-state index is 0.0684. The van der Waals surface area contributed by atoms with Crippen LogP contribution in [0.5, 0.6) is 0 Å². The van der Waals surface area contributed by atoms with Crippen molar-refractivity contribution in [3.8, 4) is 0 Å². The van der Waals surface area contributed by atoms with Gasteiger partial charge in [0.05, 0.1) is 0 Å². The Morgan fingerprint density at radius 1 is 0.706 bits per heavy atom. The van der Waals surface area contributed by atoms with Gasteiger partial charge in [-0.1, -0.05) is 22.6 Å². The lowest BCUT2D eigenvalue weighted by molar-refractivity contribution is -0.396. The molecule has 104 valence electrons. The third-order valence-corrected chi connectivity index (χ3v) is 2.60. The Labute approximate surface area is 104 Å². The molecule has 0 radical (unpaired) electrons. The van der Waals surface area contributed by atoms with Crippen LogP contribution in [0.4, 0.5) is 39.5 Å². The van der Waals surface area contributed by atoms with Crippen molar-refractivity contribution >= 4 is 22.6 Å². The summed E-state index contributed by atoms with van der Waals surface area (Å²) in [4.78, 5) is 0. The molecular formula is C7H6F9I. The number of hydrogen-bond donors (Lipinski definition) is 0. The van der Waals surface area contributed by atoms with Gasteiger partial charge in [0.15, 0.2) is 0 Å². The zero-order valence-corrected chi connectivity index (χ0v) is 10.1. The van der Waals surface area contributed by atoms with Crippen LogP contribution in [0.3, 0.4) is 0 Å². The van der Waals surface area contributed by atoms with Crippen molar-refractivity contribution in [1.82, 2.24) is 0 Å². The van der Waals surface area contributed by atoms with Gasteiger partial charge in [0.1, 0.15) is 0 Å². The van der Waals surface area contributed by atoms with Gasteiger partial charge in [-0.25, -0.2) is 0 Å². The molecule has 0 rings (SSSR count). The van der Waals surface area contributed by atoms with Gasteiger partial charge in [-0.05, 0) is 10.8 Å². The van der Waals surface area contributed by atoms with Crippen LogP contribution >= 0.6 is 22.6 Å². The summed E-state index contributed by atoms with van der Waals surface area (Å²) >= 11 is 1.50. The van der Waals surface area contributed by atoms with Crippen LogP contribution < -0.4 is 0 Å². The fourth-order valence-electron chi connectivity index (χ4n) is 0.854. The maximum atomic E-state index is 12.7. The van der Waals surface area contributed by atoms with E-state index in [2.05, 4.69) is 0 Å². The fourth-order valence-corrected chi connectivity index (χ4v) is 1.23. The maximum Gasteiger partial charge on any atom is 0.460 e. The predicted octanol–water partition coefficient (Wildman–Crippen LogP) is 4.67. The molecule has 0 heterocycles. The number of hydrogen-bond acceptors (Lipinski definition) is 0. The summed E-state index contributed by atoms with van der Waals surface area (Å²) in [5, 5.41) is 0. The van der Waals surface area contributed by atoms with E-state index in [4.69, 9.17) is 0 Å². The first kappa shape index (κ1) is 17.1. The molecule has 0 unspecified atom stereocenters. The van der Waals surface area contributed by atoms with E-state index in [1.54, 1.807) is 0 Å². The molecular weight excluding hydrogens is 382 g/mol. The minimum atomic E-state index is -6.77. The second-order valence-electron chi connectivity index (χ2n) is 3.14. The van der Waals surface area contributed by atoms with Gasteiger partial charge in [0.2, 0.25) is 0 Å². The second kappa shape index (κ2) is 5.00. The number of halogens is 10. The van der Waals surface area contributed by atoms with E-state index in [1.807, 2.05) is 0 Å². The first-order valence-electron chi connectivity index (χ1n) is 4.07. The Bertz CT molecular complexity index is 257. The van der Waals surface area contributed by atoms with E-state index >= 15 is 0 Å². The lowest BCUT2D eigenvalue weighted by Gasteiger charge is -2.33. The van der Waals surface area contributed by atoms with Crippen LogP contribution in [-0.2, 0) is 0 Å². The quantitative estimate of drug-likeness (QED) is 0.365. The third-order valence-electron chi connectivity index (χ3n) is 1.83. The first-order valence-corrected chi connectivity index (χ1v) is 5.60. The van der Waals surface area contributed by atoms with E-state index in [-0.39, 0.29) is 4.43 Å². The summed E-state index contributed by atoms with van der Waals surface area (Å²) in [5.74, 6) is -18.7. The highest BCUT2D eigenvalue weighted by Crippen LogP contribution is 2.54. The van der Waals surface area contributed by atoms with Gasteiger partial charge in [-0.2, -0.15) is 39.5 Å². The minimum Gasteiger partial charge on any atom is -0.200 e. The van der Waals surface area contributed by atoms with Crippen molar-refractivity contribution in [2.75, 3.05) is 4.43 Å². The van der Waals surface area contributed by atoms with Crippen molar-refractivity contribution in [2.45, 2.75) is 36.8 Å². The highest BCUT2D eigenvalue weighted by Gasteiger charge is 2.81. The zero-order chi connectivity index (χ0) is 14.1. The molecule has 0 aliphatic carbocycles. The average Bonchev–Trinajstić information content (AvgIpc) is 2.12. The van der Waals surface area contributed by atoms with Gasteiger partial charge in [-0.3, -0.25) is 0 Å². The highest BCUT2D eigenvalue weighted by molar-refractivity contribution is 14.1. The SMILES string of the molecule is FC(F)(F)C(F)(F)C(F)(F)C(F)(F)CCCI. The van der Waals surface area contributed by atoms with E-state index < -0.39 is 36.8 Å². The highest BCUT2D eigenvalue weighted by atomic mass is 127. The summed E-state index contributed by atoms with van der Waals surface area (Å²) in [5.41, 5.74) is 0. The van der Waals surface area contributed by atoms with E-state index in [0.29, 0.717) is 0 Å². The molecule has 0 saturated carbocycles. The lowest BCUT2D eigenvalue weighted by atomic mass is 10.0. The van der Waals surface area contributed by atoms with Gasteiger partial charge in [0, 0.05) is 6.42 Å². The molecule has 0 atom stereocenters. The molecule has 0 aromatic rings. The van der Waals surface area contributed by atoms with Crippen LogP contribution in [0.1, 0.15) is 12.8 Å². The fraction of sp³-hybridized carbons (Fsp3) is 1.00. The van der Waals surface area contributed by atoms with E-state index in [9.17, 15) is 39.5 Å². The van der Waals surface area contributed by atoms with E-state index in [0.717, 1.165) is 0 Å². The molecule has 0 N–H and O–H groups in total. The smallest absolute Gasteiger partial charge is 0.200 e. The molecule has 0 saturated heterocycles. The Kier molecular flexibility index (Phi) is 5.03. The van der Waals surface area contributed by atoms with Crippen molar-refractivity contribution in [1.29, 1.82) is 0 Å². The Balaban J connectivity index is 5.24. The Hall–Kier alpha value is 0.1000. The molecule has 0 spiro atoms. The summed E-state index contributed by atoms with van der Waals surface area (Å²) < 4.78 is 110. The summed E-state index contributed by atoms with van der Waals surface area (Å²) in [6, 6.07) is 0. The largest absolute Gasteiger partial charge is 0.460 e. The van der Waals surface area contributed by atoms with Crippen molar-refractivity contribution in [2.24, 2.45) is 0 Å². The molecule has 0 nitrogen and oxygen atoms in total. The maximum absolute atomic E-state index is 12.7. The van der Waals surface area contributed by atoms with Crippen LogP contribution in [0, 0.1) is 0 Å². The first-order chi connectivity index (χ1) is 7.31. The molecule has 0 aromatic heterocycles. The van der Waals surface area contributed by atoms with Crippen molar-refractivity contribution in [3.05, 3.63) is 0 Å². The summed E-state index contributed by atoms with van der Waals surface area (Å²) in [6.45, 7) is 0. The molecule has 0 aromatic carbocycles. The number of rotatable bonds is 5. The number of alkyl halides is 10. The zero-order valence-electron chi connectivity index (χ0n) is 7.90. The van der Waals surface area contributed by atoms with E-state index in [1.165, 1.54) is 22.6 Å². The summed E-state index contributed by atoms with van der Waals surface area (Å²) in [6.07, 6.45) is -9.07. The van der Waals surface area contributed by atoms with Gasteiger partial charge in [-0.15, -0.1) is 0 Å². The van der Waals surface area contributed by atoms with Crippen LogP contribution in [0.15, 0.2) is 0 Å².